The van der Waals surface area contributed by atoms with E-state index in [4.69, 9.17) is 4.12 Å². The van der Waals surface area contributed by atoms with Crippen molar-refractivity contribution in [2.45, 2.75) is 64.5 Å². The van der Waals surface area contributed by atoms with Gasteiger partial charge < -0.3 is 4.12 Å². The Morgan fingerprint density at radius 1 is 0.923 bits per heavy atom. The van der Waals surface area contributed by atoms with Crippen LogP contribution in [0.15, 0.2) is 0 Å². The Bertz CT molecular complexity index is 88.9. The molecule has 1 nitrogen and oxygen atoms in total. The summed E-state index contributed by atoms with van der Waals surface area (Å²) in [5.41, 5.74) is 0. The van der Waals surface area contributed by atoms with E-state index in [9.17, 15) is 0 Å². The molecule has 0 saturated carbocycles. The van der Waals surface area contributed by atoms with Crippen LogP contribution in [0.5, 0.6) is 0 Å². The highest BCUT2D eigenvalue weighted by atomic mass is 28.3. The minimum Gasteiger partial charge on any atom is -0.465 e. The lowest BCUT2D eigenvalue weighted by molar-refractivity contribution is 0.599. The molecule has 0 rings (SSSR count). The van der Waals surface area contributed by atoms with Crippen LogP contribution in [0.25, 0.3) is 0 Å². The van der Waals surface area contributed by atoms with Gasteiger partial charge in [0.25, 0.3) is 0 Å². The van der Waals surface area contributed by atoms with Crippen LogP contribution in [-0.4, -0.2) is 19.5 Å². The molecule has 0 bridgehead atoms. The fourth-order valence-electron chi connectivity index (χ4n) is 1.62. The summed E-state index contributed by atoms with van der Waals surface area (Å²) >= 11 is 0. The van der Waals surface area contributed by atoms with Crippen molar-refractivity contribution in [1.29, 1.82) is 0 Å². The molecule has 3 heteroatoms. The second kappa shape index (κ2) is 10.5. The number of hydrogen-bond acceptors (Lipinski definition) is 1. The van der Waals surface area contributed by atoms with Gasteiger partial charge in [-0.3, -0.25) is 0 Å². The van der Waals surface area contributed by atoms with E-state index in [0.29, 0.717) is 0 Å². The van der Waals surface area contributed by atoms with Gasteiger partial charge in [-0.25, -0.2) is 0 Å². The molecule has 0 radical (unpaired) electrons. The van der Waals surface area contributed by atoms with Gasteiger partial charge in [0.2, 0.25) is 0 Å². The lowest BCUT2D eigenvalue weighted by Gasteiger charge is -2.13. The Hall–Kier alpha value is 0.394. The molecule has 0 unspecified atom stereocenters. The average molecular weight is 218 g/mol. The predicted molar refractivity (Wildman–Crippen MR) is 66.8 cm³/mol. The highest BCUT2D eigenvalue weighted by Gasteiger charge is 2.07. The Balaban J connectivity index is 3.28. The van der Waals surface area contributed by atoms with E-state index in [2.05, 4.69) is 13.8 Å². The average Bonchev–Trinajstić information content (AvgIpc) is 2.16. The van der Waals surface area contributed by atoms with Crippen LogP contribution in [0.2, 0.25) is 12.1 Å². The fraction of sp³-hybridized carbons (Fsp3) is 1.00. The van der Waals surface area contributed by atoms with Gasteiger partial charge >= 0.3 is 0 Å². The van der Waals surface area contributed by atoms with Gasteiger partial charge in [-0.1, -0.05) is 52.4 Å². The summed E-state index contributed by atoms with van der Waals surface area (Å²) in [6, 6.07) is 2.86. The van der Waals surface area contributed by atoms with E-state index in [-0.39, 0.29) is 0 Å². The molecule has 0 amide bonds. The van der Waals surface area contributed by atoms with E-state index < -0.39 is 9.04 Å². The van der Waals surface area contributed by atoms with Gasteiger partial charge in [0.05, 0.1) is 0 Å². The molecular formula is C10H26OSi2. The van der Waals surface area contributed by atoms with Gasteiger partial charge in [-0.05, 0) is 12.1 Å². The molecule has 0 aliphatic rings. The fourth-order valence-corrected chi connectivity index (χ4v) is 5.29. The Kier molecular flexibility index (Phi) is 10.8. The SMILES string of the molecule is CCCCC[SiH](CCCCC)O[SiH3]. The zero-order valence-electron chi connectivity index (χ0n) is 9.64. The first kappa shape index (κ1) is 13.4. The standard InChI is InChI=1S/C10H26OSi2/c1-3-5-7-9-13(11-12)10-8-6-4-2/h13H,3-10H2,1-2,12H3. The second-order valence-electron chi connectivity index (χ2n) is 3.85. The van der Waals surface area contributed by atoms with Crippen LogP contribution in [0.4, 0.5) is 0 Å². The van der Waals surface area contributed by atoms with Gasteiger partial charge in [-0.2, -0.15) is 0 Å². The topological polar surface area (TPSA) is 9.23 Å². The van der Waals surface area contributed by atoms with Crippen LogP contribution in [-0.2, 0) is 4.12 Å². The smallest absolute Gasteiger partial charge is 0.162 e. The highest BCUT2D eigenvalue weighted by Crippen LogP contribution is 2.11. The van der Waals surface area contributed by atoms with E-state index in [1.807, 2.05) is 0 Å². The van der Waals surface area contributed by atoms with Crippen molar-refractivity contribution in [3.8, 4) is 0 Å². The van der Waals surface area contributed by atoms with Crippen molar-refractivity contribution in [1.82, 2.24) is 0 Å². The summed E-state index contributed by atoms with van der Waals surface area (Å²) < 4.78 is 5.72. The molecule has 0 aliphatic carbocycles. The molecule has 0 atom stereocenters. The molecular weight excluding hydrogens is 192 g/mol. The second-order valence-corrected chi connectivity index (χ2v) is 8.13. The molecule has 80 valence electrons. The minimum absolute atomic E-state index is 0.714. The maximum atomic E-state index is 5.72. The number of rotatable bonds is 9. The first-order chi connectivity index (χ1) is 6.35. The van der Waals surface area contributed by atoms with E-state index in [0.717, 1.165) is 10.5 Å². The van der Waals surface area contributed by atoms with Crippen molar-refractivity contribution in [2.24, 2.45) is 0 Å². The zero-order valence-corrected chi connectivity index (χ0v) is 12.8. The van der Waals surface area contributed by atoms with Crippen LogP contribution >= 0.6 is 0 Å². The van der Waals surface area contributed by atoms with E-state index in [1.54, 1.807) is 0 Å². The van der Waals surface area contributed by atoms with Crippen LogP contribution < -0.4 is 0 Å². The Labute approximate surface area is 88.5 Å². The Morgan fingerprint density at radius 2 is 1.38 bits per heavy atom. The van der Waals surface area contributed by atoms with E-state index in [1.165, 1.54) is 50.6 Å². The monoisotopic (exact) mass is 218 g/mol. The summed E-state index contributed by atoms with van der Waals surface area (Å²) in [7, 11) is 0.256. The van der Waals surface area contributed by atoms with Crippen molar-refractivity contribution >= 4 is 19.5 Å². The first-order valence-corrected chi connectivity index (χ1v) is 8.80. The maximum absolute atomic E-state index is 5.72. The number of unbranched alkanes of at least 4 members (excludes halogenated alkanes) is 4. The van der Waals surface area contributed by atoms with Gasteiger partial charge in [0.15, 0.2) is 9.04 Å². The summed E-state index contributed by atoms with van der Waals surface area (Å²) in [5.74, 6) is 0. The molecule has 0 spiro atoms. The third kappa shape index (κ3) is 8.72. The summed E-state index contributed by atoms with van der Waals surface area (Å²) in [4.78, 5) is 0. The molecule has 0 saturated heterocycles. The van der Waals surface area contributed by atoms with Crippen LogP contribution in [0, 0.1) is 0 Å². The maximum Gasteiger partial charge on any atom is 0.162 e. The van der Waals surface area contributed by atoms with Gasteiger partial charge in [0, 0.05) is 0 Å². The zero-order chi connectivity index (χ0) is 9.94. The largest absolute Gasteiger partial charge is 0.465 e. The highest BCUT2D eigenvalue weighted by molar-refractivity contribution is 6.55. The molecule has 0 N–H and O–H groups in total. The van der Waals surface area contributed by atoms with Crippen molar-refractivity contribution < 1.29 is 4.12 Å². The third-order valence-corrected chi connectivity index (χ3v) is 7.36. The Morgan fingerprint density at radius 3 is 1.69 bits per heavy atom. The van der Waals surface area contributed by atoms with Crippen molar-refractivity contribution in [3.05, 3.63) is 0 Å². The summed E-state index contributed by atoms with van der Waals surface area (Å²) in [5, 5.41) is 0. The minimum atomic E-state index is -0.714. The summed E-state index contributed by atoms with van der Waals surface area (Å²) in [6.45, 7) is 4.55. The normalized spacial score (nSPS) is 11.3. The summed E-state index contributed by atoms with van der Waals surface area (Å²) in [6.07, 6.45) is 8.34. The van der Waals surface area contributed by atoms with Gasteiger partial charge in [0.1, 0.15) is 10.5 Å². The van der Waals surface area contributed by atoms with Crippen LogP contribution in [0.3, 0.4) is 0 Å². The van der Waals surface area contributed by atoms with Crippen LogP contribution in [0.1, 0.15) is 52.4 Å². The molecule has 0 aromatic heterocycles. The van der Waals surface area contributed by atoms with E-state index >= 15 is 0 Å². The lowest BCUT2D eigenvalue weighted by Crippen LogP contribution is -2.15. The first-order valence-electron chi connectivity index (χ1n) is 5.87. The molecule has 0 heterocycles. The quantitative estimate of drug-likeness (QED) is 0.426. The molecule has 0 aromatic carbocycles. The lowest BCUT2D eigenvalue weighted by atomic mass is 10.3. The molecule has 0 fully saturated rings. The predicted octanol–water partition coefficient (Wildman–Crippen LogP) is 2.39. The molecule has 0 aromatic rings. The van der Waals surface area contributed by atoms with Gasteiger partial charge in [-0.15, -0.1) is 0 Å². The van der Waals surface area contributed by atoms with Crippen molar-refractivity contribution in [3.63, 3.8) is 0 Å². The molecule has 13 heavy (non-hydrogen) atoms. The molecule has 0 aliphatic heterocycles. The number of hydrogen-bond donors (Lipinski definition) is 0. The third-order valence-electron chi connectivity index (χ3n) is 2.59. The van der Waals surface area contributed by atoms with Crippen molar-refractivity contribution in [2.75, 3.05) is 0 Å².